The summed E-state index contributed by atoms with van der Waals surface area (Å²) in [5, 5.41) is 2.86. The molecular weight excluding hydrogens is 195 g/mol. The van der Waals surface area contributed by atoms with Crippen LogP contribution in [0.3, 0.4) is 0 Å². The van der Waals surface area contributed by atoms with Crippen LogP contribution in [-0.4, -0.2) is 30.6 Å². The van der Waals surface area contributed by atoms with Gasteiger partial charge in [-0.3, -0.25) is 0 Å². The Bertz CT molecular complexity index is 363. The molecule has 80 valence electrons. The highest BCUT2D eigenvalue weighted by Crippen LogP contribution is 2.09. The number of urea groups is 1. The summed E-state index contributed by atoms with van der Waals surface area (Å²) in [6, 6.07) is 6.47. The van der Waals surface area contributed by atoms with Crippen LogP contribution >= 0.6 is 0 Å². The second-order valence-corrected chi connectivity index (χ2v) is 3.86. The molecule has 1 aromatic carbocycles. The van der Waals surface area contributed by atoms with Crippen molar-refractivity contribution < 1.29 is 9.18 Å². The normalized spacial score (nSPS) is 20.5. The molecule has 0 radical (unpaired) electrons. The van der Waals surface area contributed by atoms with Gasteiger partial charge in [-0.25, -0.2) is 9.18 Å². The zero-order chi connectivity index (χ0) is 10.8. The van der Waals surface area contributed by atoms with Crippen molar-refractivity contribution in [2.24, 2.45) is 0 Å². The van der Waals surface area contributed by atoms with Gasteiger partial charge in [0.15, 0.2) is 0 Å². The van der Waals surface area contributed by atoms with Crippen molar-refractivity contribution in [1.82, 2.24) is 10.2 Å². The van der Waals surface area contributed by atoms with E-state index in [1.807, 2.05) is 0 Å². The average molecular weight is 208 g/mol. The van der Waals surface area contributed by atoms with Crippen LogP contribution in [0, 0.1) is 5.82 Å². The number of hydrogen-bond acceptors (Lipinski definition) is 1. The van der Waals surface area contributed by atoms with Gasteiger partial charge in [0.2, 0.25) is 0 Å². The minimum atomic E-state index is -0.230. The highest BCUT2D eigenvalue weighted by atomic mass is 19.1. The first-order chi connectivity index (χ1) is 7.15. The fourth-order valence-corrected chi connectivity index (χ4v) is 1.76. The maximum Gasteiger partial charge on any atom is 0.317 e. The molecule has 1 aliphatic rings. The van der Waals surface area contributed by atoms with Gasteiger partial charge in [-0.15, -0.1) is 0 Å². The molecule has 0 aliphatic carbocycles. The van der Waals surface area contributed by atoms with Crippen molar-refractivity contribution in [3.8, 4) is 0 Å². The van der Waals surface area contributed by atoms with Gasteiger partial charge < -0.3 is 10.2 Å². The number of carbonyl (C=O) groups excluding carboxylic acids is 1. The third kappa shape index (κ3) is 2.26. The van der Waals surface area contributed by atoms with Crippen LogP contribution in [0.5, 0.6) is 0 Å². The highest BCUT2D eigenvalue weighted by Gasteiger charge is 2.25. The van der Waals surface area contributed by atoms with Crippen LogP contribution in [0.4, 0.5) is 9.18 Å². The summed E-state index contributed by atoms with van der Waals surface area (Å²) < 4.78 is 12.6. The Morgan fingerprint density at radius 3 is 2.67 bits per heavy atom. The lowest BCUT2D eigenvalue weighted by molar-refractivity contribution is 0.226. The average Bonchev–Trinajstić information content (AvgIpc) is 2.50. The van der Waals surface area contributed by atoms with E-state index in [0.29, 0.717) is 6.54 Å². The SMILES string of the molecule is CN1C[C@H](Cc2ccc(F)cc2)NC1=O. The number of nitrogens with zero attached hydrogens (tertiary/aromatic N) is 1. The highest BCUT2D eigenvalue weighted by molar-refractivity contribution is 5.76. The number of halogens is 1. The molecule has 1 N–H and O–H groups in total. The monoisotopic (exact) mass is 208 g/mol. The van der Waals surface area contributed by atoms with Gasteiger partial charge in [-0.1, -0.05) is 12.1 Å². The minimum absolute atomic E-state index is 0.0397. The molecule has 1 aromatic rings. The molecule has 0 unspecified atom stereocenters. The Kier molecular flexibility index (Phi) is 2.58. The second kappa shape index (κ2) is 3.88. The van der Waals surface area contributed by atoms with Crippen molar-refractivity contribution in [2.75, 3.05) is 13.6 Å². The maximum atomic E-state index is 12.6. The Balaban J connectivity index is 1.98. The van der Waals surface area contributed by atoms with Crippen molar-refractivity contribution in [2.45, 2.75) is 12.5 Å². The first kappa shape index (κ1) is 9.96. The fraction of sp³-hybridized carbons (Fsp3) is 0.364. The lowest BCUT2D eigenvalue weighted by Gasteiger charge is -2.08. The third-order valence-electron chi connectivity index (χ3n) is 2.56. The fourth-order valence-electron chi connectivity index (χ4n) is 1.76. The predicted molar refractivity (Wildman–Crippen MR) is 55.1 cm³/mol. The maximum absolute atomic E-state index is 12.6. The molecular formula is C11H13FN2O. The smallest absolute Gasteiger partial charge is 0.317 e. The molecule has 0 spiro atoms. The zero-order valence-corrected chi connectivity index (χ0v) is 8.53. The number of hydrogen-bond donors (Lipinski definition) is 1. The molecule has 15 heavy (non-hydrogen) atoms. The van der Waals surface area contributed by atoms with Gasteiger partial charge in [-0.2, -0.15) is 0 Å². The largest absolute Gasteiger partial charge is 0.333 e. The summed E-state index contributed by atoms with van der Waals surface area (Å²) in [6.07, 6.45) is 0.746. The summed E-state index contributed by atoms with van der Waals surface area (Å²) in [6.45, 7) is 0.705. The van der Waals surface area contributed by atoms with Crippen LogP contribution in [0.2, 0.25) is 0 Å². The predicted octanol–water partition coefficient (Wildman–Crippen LogP) is 1.39. The minimum Gasteiger partial charge on any atom is -0.333 e. The van der Waals surface area contributed by atoms with E-state index in [9.17, 15) is 9.18 Å². The first-order valence-corrected chi connectivity index (χ1v) is 4.91. The van der Waals surface area contributed by atoms with Gasteiger partial charge in [0.05, 0.1) is 6.04 Å². The molecule has 3 nitrogen and oxygen atoms in total. The van der Waals surface area contributed by atoms with E-state index in [1.54, 1.807) is 24.1 Å². The lowest BCUT2D eigenvalue weighted by atomic mass is 10.1. The molecule has 0 saturated carbocycles. The van der Waals surface area contributed by atoms with Crippen LogP contribution in [0.15, 0.2) is 24.3 Å². The Morgan fingerprint density at radius 2 is 2.13 bits per heavy atom. The standard InChI is InChI=1S/C11H13FN2O/c1-14-7-10(13-11(14)15)6-8-2-4-9(12)5-3-8/h2-5,10H,6-7H2,1H3,(H,13,15)/t10-/m0/s1. The second-order valence-electron chi connectivity index (χ2n) is 3.86. The van der Waals surface area contributed by atoms with Gasteiger partial charge in [0.1, 0.15) is 5.82 Å². The number of nitrogens with one attached hydrogen (secondary N) is 1. The van der Waals surface area contributed by atoms with Gasteiger partial charge >= 0.3 is 6.03 Å². The molecule has 2 amide bonds. The van der Waals surface area contributed by atoms with E-state index < -0.39 is 0 Å². The Morgan fingerprint density at radius 1 is 1.47 bits per heavy atom. The number of likely N-dealkylation sites (N-methyl/N-ethyl adjacent to an activating group) is 1. The third-order valence-corrected chi connectivity index (χ3v) is 2.56. The van der Waals surface area contributed by atoms with Crippen molar-refractivity contribution in [3.05, 3.63) is 35.6 Å². The number of amides is 2. The van der Waals surface area contributed by atoms with E-state index >= 15 is 0 Å². The Labute approximate surface area is 87.9 Å². The molecule has 2 rings (SSSR count). The number of rotatable bonds is 2. The van der Waals surface area contributed by atoms with E-state index in [0.717, 1.165) is 12.0 Å². The summed E-state index contributed by atoms with van der Waals surface area (Å²) in [7, 11) is 1.76. The molecule has 1 saturated heterocycles. The van der Waals surface area contributed by atoms with Gasteiger partial charge in [0, 0.05) is 13.6 Å². The van der Waals surface area contributed by atoms with Crippen LogP contribution in [0.1, 0.15) is 5.56 Å². The summed E-state index contributed by atoms with van der Waals surface area (Å²) in [4.78, 5) is 12.8. The molecule has 0 bridgehead atoms. The molecule has 1 fully saturated rings. The molecule has 0 aromatic heterocycles. The first-order valence-electron chi connectivity index (χ1n) is 4.91. The van der Waals surface area contributed by atoms with Crippen molar-refractivity contribution >= 4 is 6.03 Å². The van der Waals surface area contributed by atoms with Gasteiger partial charge in [-0.05, 0) is 24.1 Å². The topological polar surface area (TPSA) is 32.3 Å². The molecule has 1 aliphatic heterocycles. The summed E-state index contributed by atoms with van der Waals surface area (Å²) in [5.74, 6) is -0.230. The molecule has 4 heteroatoms. The van der Waals surface area contributed by atoms with Gasteiger partial charge in [0.25, 0.3) is 0 Å². The van der Waals surface area contributed by atoms with E-state index in [-0.39, 0.29) is 17.9 Å². The van der Waals surface area contributed by atoms with Crippen molar-refractivity contribution in [1.29, 1.82) is 0 Å². The lowest BCUT2D eigenvalue weighted by Crippen LogP contribution is -2.28. The summed E-state index contributed by atoms with van der Waals surface area (Å²) >= 11 is 0. The van der Waals surface area contributed by atoms with Crippen molar-refractivity contribution in [3.63, 3.8) is 0 Å². The molecule has 1 atom stereocenters. The van der Waals surface area contributed by atoms with Crippen LogP contribution < -0.4 is 5.32 Å². The number of carbonyl (C=O) groups is 1. The molecule has 1 heterocycles. The van der Waals surface area contributed by atoms with E-state index in [1.165, 1.54) is 12.1 Å². The van der Waals surface area contributed by atoms with E-state index in [2.05, 4.69) is 5.32 Å². The van der Waals surface area contributed by atoms with Crippen LogP contribution in [-0.2, 0) is 6.42 Å². The van der Waals surface area contributed by atoms with Crippen LogP contribution in [0.25, 0.3) is 0 Å². The zero-order valence-electron chi connectivity index (χ0n) is 8.53. The summed E-state index contributed by atoms with van der Waals surface area (Å²) in [5.41, 5.74) is 1.04. The number of benzene rings is 1. The Hall–Kier alpha value is -1.58. The van der Waals surface area contributed by atoms with E-state index in [4.69, 9.17) is 0 Å². The quantitative estimate of drug-likeness (QED) is 0.782.